The van der Waals surface area contributed by atoms with Crippen LogP contribution in [0.3, 0.4) is 0 Å². The molecule has 0 unspecified atom stereocenters. The molecule has 0 aromatic heterocycles. The second-order valence-corrected chi connectivity index (χ2v) is 8.16. The van der Waals surface area contributed by atoms with Crippen LogP contribution in [0.25, 0.3) is 6.08 Å². The van der Waals surface area contributed by atoms with Crippen LogP contribution >= 0.6 is 0 Å². The molecule has 1 aromatic carbocycles. The van der Waals surface area contributed by atoms with Gasteiger partial charge in [0.1, 0.15) is 4.90 Å². The summed E-state index contributed by atoms with van der Waals surface area (Å²) in [4.78, 5) is -0.711. The van der Waals surface area contributed by atoms with Crippen molar-refractivity contribution in [1.29, 1.82) is 0 Å². The molecule has 2 rings (SSSR count). The minimum absolute atomic E-state index is 0. The van der Waals surface area contributed by atoms with Gasteiger partial charge >= 0.3 is 0 Å². The van der Waals surface area contributed by atoms with E-state index in [1.165, 1.54) is 42.5 Å². The topological polar surface area (TPSA) is 161 Å². The van der Waals surface area contributed by atoms with Crippen molar-refractivity contribution in [2.45, 2.75) is 17.0 Å². The zero-order valence-corrected chi connectivity index (χ0v) is 20.0. The van der Waals surface area contributed by atoms with E-state index in [-0.39, 0.29) is 86.5 Å². The second-order valence-electron chi connectivity index (χ2n) is 5.32. The van der Waals surface area contributed by atoms with E-state index in [1.54, 1.807) is 6.07 Å². The Balaban J connectivity index is 0.00000312. The van der Waals surface area contributed by atoms with Gasteiger partial charge < -0.3 is 11.5 Å². The van der Waals surface area contributed by atoms with Gasteiger partial charge in [0, 0.05) is 65.5 Å². The van der Waals surface area contributed by atoms with Gasteiger partial charge in [-0.3, -0.25) is 9.11 Å². The third-order valence-electron chi connectivity index (χ3n) is 3.31. The Labute approximate surface area is 196 Å². The number of rotatable bonds is 4. The van der Waals surface area contributed by atoms with Crippen LogP contribution in [-0.4, -0.2) is 90.7 Å². The first-order valence-electron chi connectivity index (χ1n) is 6.62. The molecule has 1 aliphatic carbocycles. The van der Waals surface area contributed by atoms with E-state index in [4.69, 9.17) is 11.5 Å². The molecule has 2 radical (unpaired) electrons. The third kappa shape index (κ3) is 6.97. The summed E-state index contributed by atoms with van der Waals surface area (Å²) in [5.74, 6) is 0. The number of benzene rings is 1. The monoisotopic (exact) mass is 418 g/mol. The molecule has 0 saturated carbocycles. The van der Waals surface area contributed by atoms with Crippen molar-refractivity contribution in [3.8, 4) is 0 Å². The Bertz CT molecular complexity index is 967. The molecule has 1 aromatic rings. The largest absolute Gasteiger partial charge is 0.310 e. The maximum absolute atomic E-state index is 11.5. The molecule has 1 aliphatic rings. The summed E-state index contributed by atoms with van der Waals surface area (Å²) >= 11 is 0. The second kappa shape index (κ2) is 9.59. The number of allylic oxidation sites excluding steroid dienone is 3. The minimum Gasteiger partial charge on any atom is -0.310 e. The van der Waals surface area contributed by atoms with Crippen molar-refractivity contribution < 1.29 is 25.9 Å². The van der Waals surface area contributed by atoms with E-state index in [9.17, 15) is 25.9 Å². The maximum atomic E-state index is 11.5. The van der Waals surface area contributed by atoms with Gasteiger partial charge in [0.05, 0.1) is 10.6 Å². The Morgan fingerprint density at radius 1 is 0.962 bits per heavy atom. The zero-order chi connectivity index (χ0) is 18.2. The summed E-state index contributed by atoms with van der Waals surface area (Å²) in [6.07, 6.45) is 4.96. The third-order valence-corrected chi connectivity index (χ3v) is 5.24. The molecule has 0 heterocycles. The molecule has 12 heteroatoms. The first-order chi connectivity index (χ1) is 10.9. The van der Waals surface area contributed by atoms with Crippen LogP contribution in [0.15, 0.2) is 57.9 Å². The molecule has 0 amide bonds. The van der Waals surface area contributed by atoms with Crippen molar-refractivity contribution in [2.24, 2.45) is 11.5 Å². The first-order valence-corrected chi connectivity index (χ1v) is 9.50. The predicted molar refractivity (Wildman–Crippen MR) is 100 cm³/mol. The van der Waals surface area contributed by atoms with Gasteiger partial charge in [-0.15, -0.1) is 0 Å². The smallest absolute Gasteiger partial charge is 0.295 e. The Hall–Kier alpha value is 0.180. The number of hydrogen-bond acceptors (Lipinski definition) is 6. The fourth-order valence-corrected chi connectivity index (χ4v) is 3.75. The summed E-state index contributed by atoms with van der Waals surface area (Å²) in [6.45, 7) is 0. The van der Waals surface area contributed by atoms with Crippen molar-refractivity contribution in [3.63, 3.8) is 0 Å². The summed E-state index contributed by atoms with van der Waals surface area (Å²) in [5.41, 5.74) is 10.2. The standard InChI is InChI=1S/C14H16N2O6S2.2Na/c15-14(16)8-7-11(13(9-14)24(20,21)22)6-5-10-3-1-2-4-12(10)23(17,18)19;;/h1-8H,9,15-16H2,(H,17,18,19)(H,20,21,22);;. The summed E-state index contributed by atoms with van der Waals surface area (Å²) in [5, 5.41) is 0. The number of hydrogen-bond donors (Lipinski definition) is 4. The van der Waals surface area contributed by atoms with Gasteiger partial charge in [-0.25, -0.2) is 0 Å². The van der Waals surface area contributed by atoms with Crippen molar-refractivity contribution in [2.75, 3.05) is 0 Å². The molecule has 0 atom stereocenters. The molecular formula is C14H16N2Na2O6S2. The first kappa shape index (κ1) is 26.2. The zero-order valence-electron chi connectivity index (χ0n) is 14.3. The van der Waals surface area contributed by atoms with Crippen LogP contribution in [0.5, 0.6) is 0 Å². The molecule has 0 saturated heterocycles. The minimum atomic E-state index is -4.54. The van der Waals surface area contributed by atoms with E-state index in [0.29, 0.717) is 0 Å². The van der Waals surface area contributed by atoms with Gasteiger partial charge in [0.25, 0.3) is 20.2 Å². The molecule has 132 valence electrons. The van der Waals surface area contributed by atoms with Crippen molar-refractivity contribution >= 4 is 85.4 Å². The Morgan fingerprint density at radius 3 is 2.08 bits per heavy atom. The van der Waals surface area contributed by atoms with Gasteiger partial charge in [-0.05, 0) is 23.3 Å². The molecule has 0 aliphatic heterocycles. The van der Waals surface area contributed by atoms with Gasteiger partial charge in [-0.2, -0.15) is 16.8 Å². The summed E-state index contributed by atoms with van der Waals surface area (Å²) in [6, 6.07) is 5.61. The van der Waals surface area contributed by atoms with Crippen LogP contribution in [0.1, 0.15) is 12.0 Å². The van der Waals surface area contributed by atoms with Crippen LogP contribution < -0.4 is 11.5 Å². The number of nitrogens with two attached hydrogens (primary N) is 2. The molecule has 0 spiro atoms. The SMILES string of the molecule is NC1(N)C=CC(C=Cc2ccccc2S(=O)(=O)O)=C(S(=O)(=O)O)C1.[Na].[Na]. The Kier molecular flexibility index (Phi) is 9.66. The molecule has 0 bridgehead atoms. The molecule has 8 nitrogen and oxygen atoms in total. The average Bonchev–Trinajstić information content (AvgIpc) is 2.43. The average molecular weight is 418 g/mol. The molecule has 0 fully saturated rings. The fourth-order valence-electron chi connectivity index (χ4n) is 2.20. The van der Waals surface area contributed by atoms with Crippen LogP contribution in [0, 0.1) is 0 Å². The van der Waals surface area contributed by atoms with E-state index in [2.05, 4.69) is 0 Å². The Morgan fingerprint density at radius 2 is 1.54 bits per heavy atom. The summed E-state index contributed by atoms with van der Waals surface area (Å²) < 4.78 is 64.2. The predicted octanol–water partition coefficient (Wildman–Crippen LogP) is -0.0996. The van der Waals surface area contributed by atoms with Crippen LogP contribution in [0.4, 0.5) is 0 Å². The van der Waals surface area contributed by atoms with E-state index in [0.717, 1.165) is 0 Å². The van der Waals surface area contributed by atoms with E-state index in [1.807, 2.05) is 0 Å². The van der Waals surface area contributed by atoms with Gasteiger partial charge in [-0.1, -0.05) is 36.4 Å². The van der Waals surface area contributed by atoms with Crippen LogP contribution in [0.2, 0.25) is 0 Å². The molecular weight excluding hydrogens is 402 g/mol. The van der Waals surface area contributed by atoms with Crippen molar-refractivity contribution in [3.05, 3.63) is 58.5 Å². The van der Waals surface area contributed by atoms with E-state index < -0.39 is 25.9 Å². The molecule has 6 N–H and O–H groups in total. The van der Waals surface area contributed by atoms with E-state index >= 15 is 0 Å². The maximum Gasteiger partial charge on any atom is 0.295 e. The van der Waals surface area contributed by atoms with Gasteiger partial charge in [0.15, 0.2) is 0 Å². The summed E-state index contributed by atoms with van der Waals surface area (Å²) in [7, 11) is -8.98. The fraction of sp³-hybridized carbons (Fsp3) is 0.143. The quantitative estimate of drug-likeness (QED) is 0.299. The normalized spacial score (nSPS) is 16.9. The molecule has 26 heavy (non-hydrogen) atoms. The van der Waals surface area contributed by atoms with Crippen molar-refractivity contribution in [1.82, 2.24) is 0 Å². The van der Waals surface area contributed by atoms with Crippen LogP contribution in [-0.2, 0) is 20.2 Å². The van der Waals surface area contributed by atoms with Gasteiger partial charge in [0.2, 0.25) is 0 Å².